The van der Waals surface area contributed by atoms with Crippen LogP contribution in [0.2, 0.25) is 0 Å². The Kier molecular flexibility index (Phi) is 2.51. The highest BCUT2D eigenvalue weighted by Crippen LogP contribution is 2.35. The molecule has 0 aromatic carbocycles. The van der Waals surface area contributed by atoms with Crippen LogP contribution in [0, 0.1) is 5.82 Å². The zero-order valence-electron chi connectivity index (χ0n) is 9.57. The molecule has 5 nitrogen and oxygen atoms in total. The van der Waals surface area contributed by atoms with Crippen LogP contribution in [0.25, 0.3) is 11.0 Å². The van der Waals surface area contributed by atoms with Gasteiger partial charge in [0.1, 0.15) is 5.03 Å². The van der Waals surface area contributed by atoms with Crippen LogP contribution in [0.5, 0.6) is 0 Å². The van der Waals surface area contributed by atoms with Gasteiger partial charge in [0.15, 0.2) is 11.5 Å². The van der Waals surface area contributed by atoms with E-state index in [4.69, 9.17) is 0 Å². The number of halogens is 1. The van der Waals surface area contributed by atoms with Gasteiger partial charge >= 0.3 is 5.69 Å². The Morgan fingerprint density at radius 2 is 2.22 bits per heavy atom. The van der Waals surface area contributed by atoms with Gasteiger partial charge in [-0.1, -0.05) is 0 Å². The van der Waals surface area contributed by atoms with Crippen molar-refractivity contribution in [1.29, 1.82) is 0 Å². The predicted octanol–water partition coefficient (Wildman–Crippen LogP) is 1.28. The van der Waals surface area contributed by atoms with Crippen molar-refractivity contribution in [2.75, 3.05) is 6.26 Å². The Labute approximate surface area is 105 Å². The van der Waals surface area contributed by atoms with Gasteiger partial charge < -0.3 is 0 Å². The smallest absolute Gasteiger partial charge is 0.274 e. The van der Waals surface area contributed by atoms with Crippen molar-refractivity contribution in [2.45, 2.75) is 23.9 Å². The lowest BCUT2D eigenvalue weighted by Gasteiger charge is -2.08. The zero-order valence-corrected chi connectivity index (χ0v) is 10.4. The van der Waals surface area contributed by atoms with Crippen molar-refractivity contribution in [3.8, 4) is 0 Å². The fourth-order valence-corrected chi connectivity index (χ4v) is 2.38. The zero-order chi connectivity index (χ0) is 12.9. The molecule has 0 amide bonds. The molecule has 0 bridgehead atoms. The molecular weight excluding hydrogens is 257 g/mol. The Morgan fingerprint density at radius 3 is 2.83 bits per heavy atom. The molecule has 18 heavy (non-hydrogen) atoms. The van der Waals surface area contributed by atoms with Gasteiger partial charge in [-0.25, -0.2) is 14.2 Å². The van der Waals surface area contributed by atoms with Crippen LogP contribution in [0.1, 0.15) is 18.9 Å². The quantitative estimate of drug-likeness (QED) is 0.832. The molecule has 3 rings (SSSR count). The van der Waals surface area contributed by atoms with E-state index in [1.54, 1.807) is 6.26 Å². The predicted molar refractivity (Wildman–Crippen MR) is 66.6 cm³/mol. The summed E-state index contributed by atoms with van der Waals surface area (Å²) in [5.74, 6) is -0.540. The third-order valence-electron chi connectivity index (χ3n) is 2.94. The summed E-state index contributed by atoms with van der Waals surface area (Å²) >= 11 is 1.15. The normalized spacial score (nSPS) is 15.2. The number of fused-ring (bicyclic) bond motifs is 1. The molecule has 1 saturated carbocycles. The molecule has 2 aromatic rings. The van der Waals surface area contributed by atoms with Crippen LogP contribution in [0.15, 0.2) is 20.7 Å². The van der Waals surface area contributed by atoms with Crippen molar-refractivity contribution in [3.05, 3.63) is 32.7 Å². The number of nitrogens with zero attached hydrogens (tertiary/aromatic N) is 2. The lowest BCUT2D eigenvalue weighted by Crippen LogP contribution is -2.30. The maximum Gasteiger partial charge on any atom is 0.330 e. The van der Waals surface area contributed by atoms with E-state index in [9.17, 15) is 14.0 Å². The number of aromatic amines is 1. The monoisotopic (exact) mass is 267 g/mol. The Balaban J connectivity index is 2.46. The summed E-state index contributed by atoms with van der Waals surface area (Å²) in [6.07, 6.45) is 3.47. The minimum Gasteiger partial charge on any atom is -0.274 e. The van der Waals surface area contributed by atoms with E-state index in [1.807, 2.05) is 0 Å². The van der Waals surface area contributed by atoms with Crippen LogP contribution in [-0.2, 0) is 0 Å². The van der Waals surface area contributed by atoms with Gasteiger partial charge in [-0.3, -0.25) is 14.3 Å². The second-order valence-electron chi connectivity index (χ2n) is 4.21. The molecule has 0 spiro atoms. The average Bonchev–Trinajstić information content (AvgIpc) is 3.14. The standard InChI is InChI=1S/C11H10FN3O2S/c1-18-10-7(12)4-6-8(13-10)15(5-2-3-5)11(17)14-9(6)16/h4-5H,2-3H2,1H3,(H,14,16,17). The molecule has 0 atom stereocenters. The van der Waals surface area contributed by atoms with E-state index < -0.39 is 17.1 Å². The number of nitrogens with one attached hydrogen (secondary N) is 1. The molecule has 2 heterocycles. The first-order valence-electron chi connectivity index (χ1n) is 5.51. The average molecular weight is 267 g/mol. The molecule has 1 N–H and O–H groups in total. The first kappa shape index (κ1) is 11.5. The van der Waals surface area contributed by atoms with Crippen molar-refractivity contribution in [2.24, 2.45) is 0 Å². The second-order valence-corrected chi connectivity index (χ2v) is 5.01. The first-order chi connectivity index (χ1) is 8.61. The summed E-state index contributed by atoms with van der Waals surface area (Å²) in [5, 5.41) is 0.318. The maximum atomic E-state index is 13.6. The van der Waals surface area contributed by atoms with Crippen molar-refractivity contribution in [1.82, 2.24) is 14.5 Å². The largest absolute Gasteiger partial charge is 0.330 e. The van der Waals surface area contributed by atoms with Gasteiger partial charge in [-0.2, -0.15) is 0 Å². The van der Waals surface area contributed by atoms with E-state index in [2.05, 4.69) is 9.97 Å². The highest BCUT2D eigenvalue weighted by atomic mass is 32.2. The maximum absolute atomic E-state index is 13.6. The number of hydrogen-bond acceptors (Lipinski definition) is 4. The van der Waals surface area contributed by atoms with Crippen LogP contribution in [0.3, 0.4) is 0 Å². The first-order valence-corrected chi connectivity index (χ1v) is 6.73. The van der Waals surface area contributed by atoms with Gasteiger partial charge in [0.2, 0.25) is 0 Å². The molecule has 0 radical (unpaired) electrons. The fourth-order valence-electron chi connectivity index (χ4n) is 1.95. The van der Waals surface area contributed by atoms with E-state index in [0.29, 0.717) is 0 Å². The summed E-state index contributed by atoms with van der Waals surface area (Å²) in [4.78, 5) is 29.8. The van der Waals surface area contributed by atoms with Gasteiger partial charge in [-0.05, 0) is 25.2 Å². The number of rotatable bonds is 2. The molecule has 0 aliphatic heterocycles. The molecule has 1 aliphatic carbocycles. The van der Waals surface area contributed by atoms with E-state index >= 15 is 0 Å². The number of pyridine rings is 1. The Hall–Kier alpha value is -1.63. The van der Waals surface area contributed by atoms with Crippen LogP contribution in [-0.4, -0.2) is 20.8 Å². The third kappa shape index (κ3) is 1.66. The van der Waals surface area contributed by atoms with Crippen molar-refractivity contribution < 1.29 is 4.39 Å². The minimum absolute atomic E-state index is 0.0736. The van der Waals surface area contributed by atoms with Crippen molar-refractivity contribution >= 4 is 22.8 Å². The van der Waals surface area contributed by atoms with E-state index in [-0.39, 0.29) is 22.1 Å². The molecule has 2 aromatic heterocycles. The second kappa shape index (κ2) is 3.94. The van der Waals surface area contributed by atoms with Gasteiger partial charge in [-0.15, -0.1) is 11.8 Å². The number of hydrogen-bond donors (Lipinski definition) is 1. The summed E-state index contributed by atoms with van der Waals surface area (Å²) in [5.41, 5.74) is -0.788. The lowest BCUT2D eigenvalue weighted by atomic mass is 10.3. The topological polar surface area (TPSA) is 67.8 Å². The van der Waals surface area contributed by atoms with Crippen LogP contribution in [0.4, 0.5) is 4.39 Å². The summed E-state index contributed by atoms with van der Waals surface area (Å²) in [6, 6.07) is 1.22. The third-order valence-corrected chi connectivity index (χ3v) is 3.61. The number of H-pyrrole nitrogens is 1. The van der Waals surface area contributed by atoms with Crippen LogP contribution >= 0.6 is 11.8 Å². The number of aromatic nitrogens is 3. The highest BCUT2D eigenvalue weighted by molar-refractivity contribution is 7.98. The SMILES string of the molecule is CSc1nc2c(cc1F)c(=O)[nH]c(=O)n2C1CC1. The Morgan fingerprint density at radius 1 is 1.50 bits per heavy atom. The van der Waals surface area contributed by atoms with E-state index in [0.717, 1.165) is 30.7 Å². The minimum atomic E-state index is -0.592. The lowest BCUT2D eigenvalue weighted by molar-refractivity contribution is 0.587. The van der Waals surface area contributed by atoms with Gasteiger partial charge in [0.25, 0.3) is 5.56 Å². The highest BCUT2D eigenvalue weighted by Gasteiger charge is 2.28. The molecule has 7 heteroatoms. The van der Waals surface area contributed by atoms with Crippen molar-refractivity contribution in [3.63, 3.8) is 0 Å². The molecular formula is C11H10FN3O2S. The van der Waals surface area contributed by atoms with Gasteiger partial charge in [0.05, 0.1) is 5.39 Å². The summed E-state index contributed by atoms with van der Waals surface area (Å²) in [7, 11) is 0. The molecule has 1 aliphatic rings. The van der Waals surface area contributed by atoms with Gasteiger partial charge in [0, 0.05) is 6.04 Å². The molecule has 1 fully saturated rings. The van der Waals surface area contributed by atoms with E-state index in [1.165, 1.54) is 4.57 Å². The Bertz CT molecular complexity index is 748. The summed E-state index contributed by atoms with van der Waals surface area (Å²) < 4.78 is 15.1. The molecule has 0 unspecified atom stereocenters. The molecule has 0 saturated heterocycles. The summed E-state index contributed by atoms with van der Waals surface area (Å²) in [6.45, 7) is 0. The molecule has 94 valence electrons. The van der Waals surface area contributed by atoms with Crippen LogP contribution < -0.4 is 11.2 Å². The fraction of sp³-hybridized carbons (Fsp3) is 0.364. The number of thioether (sulfide) groups is 1.